The van der Waals surface area contributed by atoms with Gasteiger partial charge in [0, 0.05) is 16.7 Å². The fourth-order valence-corrected chi connectivity index (χ4v) is 3.18. The maximum Gasteiger partial charge on any atom is 0.263 e. The second-order valence-corrected chi connectivity index (χ2v) is 6.67. The Morgan fingerprint density at radius 3 is 2.86 bits per heavy atom. The molecule has 1 aromatic heterocycles. The lowest BCUT2D eigenvalue weighted by atomic mass is 10.1. The maximum atomic E-state index is 11.6. The van der Waals surface area contributed by atoms with E-state index in [0.29, 0.717) is 25.8 Å². The van der Waals surface area contributed by atoms with E-state index in [1.165, 1.54) is 11.8 Å². The van der Waals surface area contributed by atoms with Crippen LogP contribution in [0.15, 0.2) is 39.7 Å². The van der Waals surface area contributed by atoms with Gasteiger partial charge in [0.1, 0.15) is 15.8 Å². The third-order valence-electron chi connectivity index (χ3n) is 3.01. The van der Waals surface area contributed by atoms with Crippen LogP contribution in [0.3, 0.4) is 0 Å². The molecular weight excluding hydrogens is 326 g/mol. The number of furan rings is 1. The van der Waals surface area contributed by atoms with Gasteiger partial charge in [0.05, 0.1) is 4.91 Å². The topological polar surface area (TPSA) is 42.2 Å². The molecule has 0 saturated carbocycles. The first-order valence-corrected chi connectivity index (χ1v) is 7.74. The van der Waals surface area contributed by atoms with Gasteiger partial charge in [0.25, 0.3) is 5.91 Å². The van der Waals surface area contributed by atoms with Crippen LogP contribution in [-0.4, -0.2) is 10.2 Å². The van der Waals surface area contributed by atoms with Crippen LogP contribution < -0.4 is 5.32 Å². The molecule has 1 aromatic carbocycles. The van der Waals surface area contributed by atoms with Crippen molar-refractivity contribution in [3.05, 3.63) is 51.6 Å². The minimum atomic E-state index is -0.193. The van der Waals surface area contributed by atoms with Crippen molar-refractivity contribution < 1.29 is 9.21 Å². The van der Waals surface area contributed by atoms with Crippen molar-refractivity contribution in [2.45, 2.75) is 6.92 Å². The van der Waals surface area contributed by atoms with Gasteiger partial charge in [-0.05, 0) is 36.8 Å². The molecule has 3 nitrogen and oxygen atoms in total. The number of amides is 1. The Bertz CT molecular complexity index is 780. The Balaban J connectivity index is 1.94. The van der Waals surface area contributed by atoms with Gasteiger partial charge >= 0.3 is 0 Å². The molecule has 1 saturated heterocycles. The second-order valence-electron chi connectivity index (χ2n) is 4.51. The summed E-state index contributed by atoms with van der Waals surface area (Å²) in [4.78, 5) is 12.1. The summed E-state index contributed by atoms with van der Waals surface area (Å²) < 4.78 is 6.24. The van der Waals surface area contributed by atoms with Crippen LogP contribution in [0, 0.1) is 6.92 Å². The lowest BCUT2D eigenvalue weighted by molar-refractivity contribution is -0.115. The van der Waals surface area contributed by atoms with Gasteiger partial charge < -0.3 is 9.73 Å². The quantitative estimate of drug-likeness (QED) is 0.652. The predicted molar refractivity (Wildman–Crippen MR) is 90.2 cm³/mol. The van der Waals surface area contributed by atoms with E-state index < -0.39 is 0 Å². The van der Waals surface area contributed by atoms with Crippen molar-refractivity contribution in [1.82, 2.24) is 5.32 Å². The summed E-state index contributed by atoms with van der Waals surface area (Å²) in [6, 6.07) is 9.32. The zero-order valence-corrected chi connectivity index (χ0v) is 13.4. The Morgan fingerprint density at radius 1 is 1.33 bits per heavy atom. The molecular formula is C15H10ClNO2S2. The second kappa shape index (κ2) is 5.67. The SMILES string of the molecule is Cc1ccc(Cl)cc1-c1ccc(/C=C2\SC(=S)NC2=O)o1. The lowest BCUT2D eigenvalue weighted by Crippen LogP contribution is -2.17. The average Bonchev–Trinajstić information content (AvgIpc) is 3.00. The molecule has 6 heteroatoms. The number of thioether (sulfide) groups is 1. The summed E-state index contributed by atoms with van der Waals surface area (Å²) in [5, 5.41) is 3.23. The van der Waals surface area contributed by atoms with Crippen molar-refractivity contribution in [3.63, 3.8) is 0 Å². The van der Waals surface area contributed by atoms with Crippen LogP contribution in [0.5, 0.6) is 0 Å². The monoisotopic (exact) mass is 335 g/mol. The highest BCUT2D eigenvalue weighted by Gasteiger charge is 2.22. The van der Waals surface area contributed by atoms with Crippen LogP contribution in [0.1, 0.15) is 11.3 Å². The summed E-state index contributed by atoms with van der Waals surface area (Å²) in [5.41, 5.74) is 2.01. The summed E-state index contributed by atoms with van der Waals surface area (Å²) in [6.45, 7) is 1.99. The average molecular weight is 336 g/mol. The highest BCUT2D eigenvalue weighted by molar-refractivity contribution is 8.26. The molecule has 1 aliphatic rings. The minimum Gasteiger partial charge on any atom is -0.457 e. The number of carbonyl (C=O) groups excluding carboxylic acids is 1. The third kappa shape index (κ3) is 3.05. The van der Waals surface area contributed by atoms with Crippen molar-refractivity contribution >= 4 is 51.9 Å². The fourth-order valence-electron chi connectivity index (χ4n) is 1.99. The van der Waals surface area contributed by atoms with Crippen LogP contribution in [0.2, 0.25) is 5.02 Å². The summed E-state index contributed by atoms with van der Waals surface area (Å²) in [7, 11) is 0. The van der Waals surface area contributed by atoms with Crippen LogP contribution in [-0.2, 0) is 4.79 Å². The first kappa shape index (κ1) is 14.4. The lowest BCUT2D eigenvalue weighted by Gasteiger charge is -2.02. The fraction of sp³-hybridized carbons (Fsp3) is 0.0667. The number of benzene rings is 1. The van der Waals surface area contributed by atoms with Crippen molar-refractivity contribution in [3.8, 4) is 11.3 Å². The molecule has 2 aromatic rings. The molecule has 106 valence electrons. The highest BCUT2D eigenvalue weighted by Crippen LogP contribution is 2.31. The molecule has 0 unspecified atom stereocenters. The van der Waals surface area contributed by atoms with E-state index in [4.69, 9.17) is 28.2 Å². The summed E-state index contributed by atoms with van der Waals surface area (Å²) >= 11 is 12.2. The molecule has 3 rings (SSSR count). The Hall–Kier alpha value is -1.56. The van der Waals surface area contributed by atoms with E-state index in [1.54, 1.807) is 6.08 Å². The van der Waals surface area contributed by atoms with E-state index in [1.807, 2.05) is 37.3 Å². The third-order valence-corrected chi connectivity index (χ3v) is 4.41. The van der Waals surface area contributed by atoms with Gasteiger partial charge in [-0.25, -0.2) is 0 Å². The van der Waals surface area contributed by atoms with Crippen LogP contribution in [0.25, 0.3) is 17.4 Å². The number of hydrogen-bond acceptors (Lipinski definition) is 4. The number of aryl methyl sites for hydroxylation is 1. The number of thiocarbonyl (C=S) groups is 1. The number of carbonyl (C=O) groups is 1. The van der Waals surface area contributed by atoms with Crippen molar-refractivity contribution in [2.24, 2.45) is 0 Å². The highest BCUT2D eigenvalue weighted by atomic mass is 35.5. The summed E-state index contributed by atoms with van der Waals surface area (Å²) in [5.74, 6) is 1.13. The Kier molecular flexibility index (Phi) is 3.89. The first-order valence-electron chi connectivity index (χ1n) is 6.14. The minimum absolute atomic E-state index is 0.193. The van der Waals surface area contributed by atoms with Gasteiger partial charge in [0.2, 0.25) is 0 Å². The van der Waals surface area contributed by atoms with Gasteiger partial charge in [-0.2, -0.15) is 0 Å². The molecule has 1 N–H and O–H groups in total. The molecule has 0 bridgehead atoms. The predicted octanol–water partition coefficient (Wildman–Crippen LogP) is 4.40. The molecule has 0 spiro atoms. The first-order chi connectivity index (χ1) is 10.0. The molecule has 1 amide bonds. The number of nitrogens with one attached hydrogen (secondary N) is 1. The van der Waals surface area contributed by atoms with Gasteiger partial charge in [-0.3, -0.25) is 4.79 Å². The van der Waals surface area contributed by atoms with Crippen LogP contribution in [0.4, 0.5) is 0 Å². The van der Waals surface area contributed by atoms with E-state index in [9.17, 15) is 4.79 Å². The number of halogens is 1. The number of rotatable bonds is 2. The molecule has 0 aliphatic carbocycles. The molecule has 21 heavy (non-hydrogen) atoms. The molecule has 0 atom stereocenters. The Labute approximate surface area is 136 Å². The normalized spacial score (nSPS) is 16.6. The number of hydrogen-bond donors (Lipinski definition) is 1. The smallest absolute Gasteiger partial charge is 0.263 e. The van der Waals surface area contributed by atoms with Gasteiger partial charge in [0.15, 0.2) is 0 Å². The van der Waals surface area contributed by atoms with E-state index >= 15 is 0 Å². The molecule has 1 aliphatic heterocycles. The largest absolute Gasteiger partial charge is 0.457 e. The zero-order valence-electron chi connectivity index (χ0n) is 11.0. The standard InChI is InChI=1S/C15H10ClNO2S2/c1-8-2-3-9(16)6-11(8)12-5-4-10(19-12)7-13-14(18)17-15(20)21-13/h2-7H,1H3,(H,17,18,20)/b13-7-. The maximum absolute atomic E-state index is 11.6. The molecule has 2 heterocycles. The van der Waals surface area contributed by atoms with Gasteiger partial charge in [-0.15, -0.1) is 0 Å². The van der Waals surface area contributed by atoms with Gasteiger partial charge in [-0.1, -0.05) is 41.6 Å². The van der Waals surface area contributed by atoms with Crippen LogP contribution >= 0.6 is 35.6 Å². The zero-order chi connectivity index (χ0) is 15.0. The van der Waals surface area contributed by atoms with E-state index in [0.717, 1.165) is 11.1 Å². The van der Waals surface area contributed by atoms with E-state index in [-0.39, 0.29) is 5.91 Å². The Morgan fingerprint density at radius 2 is 2.14 bits per heavy atom. The molecule has 0 radical (unpaired) electrons. The van der Waals surface area contributed by atoms with Crippen molar-refractivity contribution in [2.75, 3.05) is 0 Å². The van der Waals surface area contributed by atoms with E-state index in [2.05, 4.69) is 5.32 Å². The molecule has 1 fully saturated rings. The summed E-state index contributed by atoms with van der Waals surface area (Å²) in [6.07, 6.45) is 1.68. The van der Waals surface area contributed by atoms with Crippen molar-refractivity contribution in [1.29, 1.82) is 0 Å².